The van der Waals surface area contributed by atoms with E-state index in [0.29, 0.717) is 21.7 Å². The van der Waals surface area contributed by atoms with E-state index in [1.54, 1.807) is 25.1 Å². The highest BCUT2D eigenvalue weighted by molar-refractivity contribution is 6.31. The monoisotopic (exact) mass is 240 g/mol. The van der Waals surface area contributed by atoms with Crippen LogP contribution in [0.3, 0.4) is 0 Å². The Bertz CT molecular complexity index is 565. The molecule has 2 N–H and O–H groups in total. The second-order valence-corrected chi connectivity index (χ2v) is 3.35. The average Bonchev–Trinajstić information content (AvgIpc) is 2.20. The summed E-state index contributed by atoms with van der Waals surface area (Å²) >= 11 is 5.75. The van der Waals surface area contributed by atoms with E-state index in [9.17, 15) is 4.79 Å². The zero-order chi connectivity index (χ0) is 12.1. The molecule has 2 rings (SSSR count). The summed E-state index contributed by atoms with van der Waals surface area (Å²) in [4.78, 5) is 26.5. The molecule has 2 aromatic rings. The second-order valence-electron chi connectivity index (χ2n) is 2.92. The van der Waals surface area contributed by atoms with Crippen LogP contribution in [0.1, 0.15) is 5.82 Å². The van der Waals surface area contributed by atoms with Crippen LogP contribution >= 0.6 is 11.6 Å². The normalized spacial score (nSPS) is 9.38. The molecule has 6 heteroatoms. The van der Waals surface area contributed by atoms with Crippen LogP contribution in [0.25, 0.3) is 10.9 Å². The van der Waals surface area contributed by atoms with Gasteiger partial charge in [0.25, 0.3) is 12.0 Å². The fraction of sp³-hybridized carbons (Fsp3) is 0.100. The number of halogens is 1. The molecule has 0 saturated heterocycles. The number of fused-ring (bicyclic) bond motifs is 1. The van der Waals surface area contributed by atoms with E-state index < -0.39 is 0 Å². The van der Waals surface area contributed by atoms with E-state index in [4.69, 9.17) is 21.5 Å². The number of aromatic nitrogens is 2. The highest BCUT2D eigenvalue weighted by Gasteiger charge is 2.00. The van der Waals surface area contributed by atoms with Crippen molar-refractivity contribution in [2.75, 3.05) is 0 Å². The van der Waals surface area contributed by atoms with E-state index in [0.717, 1.165) is 0 Å². The Morgan fingerprint density at radius 2 is 2.12 bits per heavy atom. The lowest BCUT2D eigenvalue weighted by molar-refractivity contribution is -0.122. The van der Waals surface area contributed by atoms with Gasteiger partial charge < -0.3 is 10.1 Å². The molecule has 16 heavy (non-hydrogen) atoms. The van der Waals surface area contributed by atoms with Crippen molar-refractivity contribution < 1.29 is 9.90 Å². The fourth-order valence-corrected chi connectivity index (χ4v) is 1.40. The summed E-state index contributed by atoms with van der Waals surface area (Å²) in [5.41, 5.74) is 0.524. The minimum atomic E-state index is -0.250. The maximum absolute atomic E-state index is 11.4. The SMILES string of the molecule is Cc1nc2ccc(Cl)cc2c(=O)[nH]1.O=CO. The molecule has 0 saturated carbocycles. The van der Waals surface area contributed by atoms with Gasteiger partial charge >= 0.3 is 0 Å². The molecule has 0 unspecified atom stereocenters. The van der Waals surface area contributed by atoms with Crippen LogP contribution < -0.4 is 5.56 Å². The molecule has 0 bridgehead atoms. The quantitative estimate of drug-likeness (QED) is 0.685. The number of aryl methyl sites for hydroxylation is 1. The first-order chi connectivity index (χ1) is 7.58. The number of carbonyl (C=O) groups is 1. The van der Waals surface area contributed by atoms with Crippen LogP contribution in [0, 0.1) is 6.92 Å². The number of benzene rings is 1. The van der Waals surface area contributed by atoms with Gasteiger partial charge in [0.2, 0.25) is 0 Å². The van der Waals surface area contributed by atoms with Crippen molar-refractivity contribution in [3.05, 3.63) is 39.4 Å². The van der Waals surface area contributed by atoms with Gasteiger partial charge in [-0.2, -0.15) is 0 Å². The lowest BCUT2D eigenvalue weighted by Crippen LogP contribution is -2.09. The number of hydrogen-bond acceptors (Lipinski definition) is 3. The van der Waals surface area contributed by atoms with Crippen LogP contribution in [-0.2, 0) is 4.79 Å². The van der Waals surface area contributed by atoms with Crippen molar-refractivity contribution in [3.8, 4) is 0 Å². The lowest BCUT2D eigenvalue weighted by Gasteiger charge is -1.97. The Balaban J connectivity index is 0.000000386. The van der Waals surface area contributed by atoms with Gasteiger partial charge in [-0.1, -0.05) is 11.6 Å². The Morgan fingerprint density at radius 3 is 2.75 bits per heavy atom. The van der Waals surface area contributed by atoms with Gasteiger partial charge in [-0.15, -0.1) is 0 Å². The molecule has 0 aliphatic heterocycles. The number of nitrogens with zero attached hydrogens (tertiary/aromatic N) is 1. The maximum Gasteiger partial charge on any atom is 0.290 e. The number of rotatable bonds is 0. The van der Waals surface area contributed by atoms with Crippen LogP contribution in [0.2, 0.25) is 5.02 Å². The van der Waals surface area contributed by atoms with Crippen molar-refractivity contribution in [1.29, 1.82) is 0 Å². The minimum Gasteiger partial charge on any atom is -0.483 e. The van der Waals surface area contributed by atoms with Crippen molar-refractivity contribution in [3.63, 3.8) is 0 Å². The van der Waals surface area contributed by atoms with E-state index in [-0.39, 0.29) is 12.0 Å². The van der Waals surface area contributed by atoms with Crippen LogP contribution in [-0.4, -0.2) is 21.5 Å². The summed E-state index contributed by atoms with van der Waals surface area (Å²) in [6, 6.07) is 5.07. The lowest BCUT2D eigenvalue weighted by atomic mass is 10.2. The zero-order valence-electron chi connectivity index (χ0n) is 8.40. The third-order valence-electron chi connectivity index (χ3n) is 1.79. The third kappa shape index (κ3) is 2.80. The molecule has 0 atom stereocenters. The summed E-state index contributed by atoms with van der Waals surface area (Å²) in [5.74, 6) is 0.611. The Labute approximate surface area is 95.7 Å². The second kappa shape index (κ2) is 5.27. The van der Waals surface area contributed by atoms with Crippen LogP contribution in [0.4, 0.5) is 0 Å². The standard InChI is InChI=1S/C9H7ClN2O.CH2O2/c1-5-11-8-3-2-6(10)4-7(8)9(13)12-5;2-1-3/h2-4H,1H3,(H,11,12,13);1H,(H,2,3). The van der Waals surface area contributed by atoms with Crippen LogP contribution in [0.15, 0.2) is 23.0 Å². The van der Waals surface area contributed by atoms with Gasteiger partial charge in [0, 0.05) is 5.02 Å². The molecular formula is C10H9ClN2O3. The van der Waals surface area contributed by atoms with Crippen molar-refractivity contribution in [2.24, 2.45) is 0 Å². The Morgan fingerprint density at radius 1 is 1.50 bits per heavy atom. The van der Waals surface area contributed by atoms with Gasteiger partial charge in [0.05, 0.1) is 10.9 Å². The van der Waals surface area contributed by atoms with Crippen molar-refractivity contribution in [2.45, 2.75) is 6.92 Å². The molecular weight excluding hydrogens is 232 g/mol. The molecule has 0 amide bonds. The summed E-state index contributed by atoms with van der Waals surface area (Å²) in [7, 11) is 0. The summed E-state index contributed by atoms with van der Waals surface area (Å²) in [6.45, 7) is 1.50. The smallest absolute Gasteiger partial charge is 0.290 e. The Hall–Kier alpha value is -1.88. The summed E-state index contributed by atoms with van der Waals surface area (Å²) in [6.07, 6.45) is 0. The molecule has 84 valence electrons. The van der Waals surface area contributed by atoms with Gasteiger partial charge in [-0.3, -0.25) is 9.59 Å². The zero-order valence-corrected chi connectivity index (χ0v) is 9.15. The van der Waals surface area contributed by atoms with Gasteiger partial charge in [-0.25, -0.2) is 4.98 Å². The molecule has 5 nitrogen and oxygen atoms in total. The van der Waals surface area contributed by atoms with Crippen molar-refractivity contribution >= 4 is 29.0 Å². The minimum absolute atomic E-state index is 0.148. The van der Waals surface area contributed by atoms with Gasteiger partial charge in [-0.05, 0) is 25.1 Å². The van der Waals surface area contributed by atoms with Gasteiger partial charge in [0.15, 0.2) is 0 Å². The number of nitrogens with one attached hydrogen (secondary N) is 1. The van der Waals surface area contributed by atoms with E-state index >= 15 is 0 Å². The molecule has 1 aromatic carbocycles. The summed E-state index contributed by atoms with van der Waals surface area (Å²) < 4.78 is 0. The molecule has 0 aliphatic carbocycles. The first kappa shape index (κ1) is 12.2. The molecule has 0 radical (unpaired) electrons. The Kier molecular flexibility index (Phi) is 4.02. The van der Waals surface area contributed by atoms with E-state index in [1.165, 1.54) is 0 Å². The maximum atomic E-state index is 11.4. The van der Waals surface area contributed by atoms with Gasteiger partial charge in [0.1, 0.15) is 5.82 Å². The third-order valence-corrected chi connectivity index (χ3v) is 2.02. The molecule has 1 aromatic heterocycles. The summed E-state index contributed by atoms with van der Waals surface area (Å²) in [5, 5.41) is 7.96. The first-order valence-corrected chi connectivity index (χ1v) is 4.70. The number of H-pyrrole nitrogens is 1. The molecule has 0 fully saturated rings. The number of aromatic amines is 1. The number of hydrogen-bond donors (Lipinski definition) is 2. The molecule has 1 heterocycles. The van der Waals surface area contributed by atoms with Crippen LogP contribution in [0.5, 0.6) is 0 Å². The van der Waals surface area contributed by atoms with Crippen molar-refractivity contribution in [1.82, 2.24) is 9.97 Å². The van der Waals surface area contributed by atoms with E-state index in [1.807, 2.05) is 0 Å². The molecule has 0 spiro atoms. The average molecular weight is 241 g/mol. The highest BCUT2D eigenvalue weighted by atomic mass is 35.5. The van der Waals surface area contributed by atoms with E-state index in [2.05, 4.69) is 9.97 Å². The fourth-order valence-electron chi connectivity index (χ4n) is 1.23. The predicted octanol–water partition coefficient (Wildman–Crippen LogP) is 1.59. The first-order valence-electron chi connectivity index (χ1n) is 4.32. The largest absolute Gasteiger partial charge is 0.483 e. The number of carboxylic acid groups (broad SMARTS) is 1. The topological polar surface area (TPSA) is 83.0 Å². The predicted molar refractivity (Wildman–Crippen MR) is 60.8 cm³/mol. The molecule has 0 aliphatic rings. The highest BCUT2D eigenvalue weighted by Crippen LogP contribution is 2.13.